The van der Waals surface area contributed by atoms with E-state index in [2.05, 4.69) is 25.3 Å². The first kappa shape index (κ1) is 13.6. The number of aromatic amines is 1. The van der Waals surface area contributed by atoms with Gasteiger partial charge in [0.25, 0.3) is 10.0 Å². The van der Waals surface area contributed by atoms with Crippen LogP contribution in [0.3, 0.4) is 0 Å². The van der Waals surface area contributed by atoms with E-state index in [1.54, 1.807) is 19.3 Å². The molecule has 0 spiro atoms. The van der Waals surface area contributed by atoms with Crippen LogP contribution in [-0.4, -0.2) is 34.9 Å². The van der Waals surface area contributed by atoms with Crippen molar-refractivity contribution in [2.75, 3.05) is 11.3 Å². The number of aromatic nitrogens is 4. The molecule has 8 nitrogen and oxygen atoms in total. The second-order valence-electron chi connectivity index (χ2n) is 3.98. The Balaban J connectivity index is 2.22. The van der Waals surface area contributed by atoms with Gasteiger partial charge in [0.15, 0.2) is 10.8 Å². The summed E-state index contributed by atoms with van der Waals surface area (Å²) in [6.45, 7) is 3.13. The number of H-pyrrole nitrogens is 1. The predicted molar refractivity (Wildman–Crippen MR) is 70.0 cm³/mol. The lowest BCUT2D eigenvalue weighted by Gasteiger charge is -2.06. The molecule has 0 saturated carbocycles. The molecule has 3 N–H and O–H groups in total. The lowest BCUT2D eigenvalue weighted by molar-refractivity contribution is 0.593. The van der Waals surface area contributed by atoms with E-state index < -0.39 is 10.0 Å². The number of aryl methyl sites for hydroxylation is 1. The molecule has 9 heteroatoms. The highest BCUT2D eigenvalue weighted by Gasteiger charge is 2.21. The number of hydrogen-bond acceptors (Lipinski definition) is 5. The average molecular weight is 284 g/mol. The van der Waals surface area contributed by atoms with Crippen molar-refractivity contribution >= 4 is 15.8 Å². The molecule has 0 radical (unpaired) electrons. The number of hydrogen-bond donors (Lipinski definition) is 3. The predicted octanol–water partition coefficient (Wildman–Crippen LogP) is 0.0535. The van der Waals surface area contributed by atoms with Crippen LogP contribution in [-0.2, 0) is 23.6 Å². The summed E-state index contributed by atoms with van der Waals surface area (Å²) in [6.07, 6.45) is 3.15. The van der Waals surface area contributed by atoms with Gasteiger partial charge in [-0.3, -0.25) is 14.5 Å². The van der Waals surface area contributed by atoms with Crippen LogP contribution < -0.4 is 10.0 Å². The van der Waals surface area contributed by atoms with Crippen LogP contribution in [0, 0.1) is 0 Å². The maximum absolute atomic E-state index is 12.2. The molecule has 0 amide bonds. The average Bonchev–Trinajstić information content (AvgIpc) is 2.95. The van der Waals surface area contributed by atoms with E-state index in [1.807, 2.05) is 6.92 Å². The van der Waals surface area contributed by atoms with Crippen molar-refractivity contribution in [2.24, 2.45) is 7.05 Å². The first-order valence-corrected chi connectivity index (χ1v) is 7.26. The summed E-state index contributed by atoms with van der Waals surface area (Å²) in [7, 11) is -1.99. The Kier molecular flexibility index (Phi) is 3.86. The summed E-state index contributed by atoms with van der Waals surface area (Å²) in [5.74, 6) is 0.270. The fraction of sp³-hybridized carbons (Fsp3) is 0.400. The number of sulfonamides is 1. The lowest BCUT2D eigenvalue weighted by atomic mass is 10.3. The van der Waals surface area contributed by atoms with Gasteiger partial charge in [0.05, 0.1) is 6.20 Å². The van der Waals surface area contributed by atoms with Crippen molar-refractivity contribution in [3.63, 3.8) is 0 Å². The topological polar surface area (TPSA) is 105 Å². The number of anilines is 1. The molecular formula is C10H16N6O2S. The SMILES string of the molecule is CCNCc1cn[nH]c1S(=O)(=O)Nc1ccn(C)n1. The minimum absolute atomic E-state index is 0.0547. The molecule has 0 unspecified atom stereocenters. The minimum Gasteiger partial charge on any atom is -0.313 e. The van der Waals surface area contributed by atoms with Gasteiger partial charge in [0, 0.05) is 31.4 Å². The zero-order chi connectivity index (χ0) is 13.9. The molecule has 104 valence electrons. The van der Waals surface area contributed by atoms with Crippen LogP contribution in [0.15, 0.2) is 23.5 Å². The van der Waals surface area contributed by atoms with Gasteiger partial charge in [-0.25, -0.2) is 0 Å². The van der Waals surface area contributed by atoms with E-state index in [0.717, 1.165) is 6.54 Å². The second kappa shape index (κ2) is 5.41. The highest BCUT2D eigenvalue weighted by atomic mass is 32.2. The Morgan fingerprint density at radius 2 is 2.26 bits per heavy atom. The zero-order valence-corrected chi connectivity index (χ0v) is 11.5. The normalized spacial score (nSPS) is 11.7. The van der Waals surface area contributed by atoms with Gasteiger partial charge in [-0.2, -0.15) is 18.6 Å². The van der Waals surface area contributed by atoms with Crippen molar-refractivity contribution in [1.82, 2.24) is 25.3 Å². The fourth-order valence-corrected chi connectivity index (χ4v) is 2.70. The highest BCUT2D eigenvalue weighted by Crippen LogP contribution is 2.15. The third kappa shape index (κ3) is 3.12. The molecule has 0 aromatic carbocycles. The van der Waals surface area contributed by atoms with E-state index in [0.29, 0.717) is 12.1 Å². The summed E-state index contributed by atoms with van der Waals surface area (Å²) in [4.78, 5) is 0. The molecule has 0 aliphatic rings. The van der Waals surface area contributed by atoms with Gasteiger partial charge in [-0.15, -0.1) is 0 Å². The molecule has 0 bridgehead atoms. The van der Waals surface area contributed by atoms with E-state index >= 15 is 0 Å². The Morgan fingerprint density at radius 1 is 1.47 bits per heavy atom. The third-order valence-corrected chi connectivity index (χ3v) is 3.83. The van der Waals surface area contributed by atoms with Gasteiger partial charge in [0.1, 0.15) is 0 Å². The first-order chi connectivity index (χ1) is 9.03. The van der Waals surface area contributed by atoms with E-state index in [-0.39, 0.29) is 10.8 Å². The third-order valence-electron chi connectivity index (χ3n) is 2.46. The standard InChI is InChI=1S/C10H16N6O2S/c1-3-11-6-8-7-12-13-10(8)19(17,18)15-9-4-5-16(2)14-9/h4-5,7,11H,3,6H2,1-2H3,(H,12,13)(H,14,15). The number of nitrogens with zero attached hydrogens (tertiary/aromatic N) is 3. The van der Waals surface area contributed by atoms with Crippen LogP contribution in [0.25, 0.3) is 0 Å². The Hall–Kier alpha value is -1.87. The molecule has 0 saturated heterocycles. The second-order valence-corrected chi connectivity index (χ2v) is 5.60. The lowest BCUT2D eigenvalue weighted by Crippen LogP contribution is -2.18. The van der Waals surface area contributed by atoms with Crippen molar-refractivity contribution in [3.05, 3.63) is 24.0 Å². The van der Waals surface area contributed by atoms with Crippen LogP contribution in [0.5, 0.6) is 0 Å². The molecule has 2 aromatic rings. The fourth-order valence-electron chi connectivity index (χ4n) is 1.58. The van der Waals surface area contributed by atoms with Crippen LogP contribution in [0.4, 0.5) is 5.82 Å². The highest BCUT2D eigenvalue weighted by molar-refractivity contribution is 7.92. The van der Waals surface area contributed by atoms with Gasteiger partial charge in [0.2, 0.25) is 0 Å². The largest absolute Gasteiger partial charge is 0.313 e. The van der Waals surface area contributed by atoms with Crippen molar-refractivity contribution in [2.45, 2.75) is 18.5 Å². The van der Waals surface area contributed by atoms with Gasteiger partial charge >= 0.3 is 0 Å². The van der Waals surface area contributed by atoms with Gasteiger partial charge in [-0.1, -0.05) is 6.92 Å². The van der Waals surface area contributed by atoms with E-state index in [9.17, 15) is 8.42 Å². The number of rotatable bonds is 6. The van der Waals surface area contributed by atoms with Gasteiger partial charge < -0.3 is 5.32 Å². The molecule has 0 aliphatic heterocycles. The first-order valence-electron chi connectivity index (χ1n) is 5.78. The summed E-state index contributed by atoms with van der Waals surface area (Å²) in [5, 5.41) is 13.4. The molecule has 2 heterocycles. The summed E-state index contributed by atoms with van der Waals surface area (Å²) in [6, 6.07) is 1.58. The maximum Gasteiger partial charge on any atom is 0.280 e. The monoisotopic (exact) mass is 284 g/mol. The summed E-state index contributed by atoms with van der Waals surface area (Å²) in [5.41, 5.74) is 0.588. The molecule has 0 fully saturated rings. The van der Waals surface area contributed by atoms with Crippen LogP contribution >= 0.6 is 0 Å². The Morgan fingerprint density at radius 3 is 2.89 bits per heavy atom. The summed E-state index contributed by atoms with van der Waals surface area (Å²) < 4.78 is 28.3. The smallest absolute Gasteiger partial charge is 0.280 e. The van der Waals surface area contributed by atoms with Gasteiger partial charge in [-0.05, 0) is 6.54 Å². The quantitative estimate of drug-likeness (QED) is 0.695. The van der Waals surface area contributed by atoms with Crippen LogP contribution in [0.2, 0.25) is 0 Å². The Labute approximate surface area is 111 Å². The van der Waals surface area contributed by atoms with E-state index in [4.69, 9.17) is 0 Å². The molecule has 0 atom stereocenters. The molecular weight excluding hydrogens is 268 g/mol. The number of nitrogens with one attached hydrogen (secondary N) is 3. The molecule has 0 aliphatic carbocycles. The molecule has 2 rings (SSSR count). The van der Waals surface area contributed by atoms with Crippen molar-refractivity contribution in [1.29, 1.82) is 0 Å². The van der Waals surface area contributed by atoms with Crippen molar-refractivity contribution in [3.8, 4) is 0 Å². The molecule has 2 aromatic heterocycles. The van der Waals surface area contributed by atoms with Crippen molar-refractivity contribution < 1.29 is 8.42 Å². The zero-order valence-electron chi connectivity index (χ0n) is 10.7. The minimum atomic E-state index is -3.70. The van der Waals surface area contributed by atoms with Crippen LogP contribution in [0.1, 0.15) is 12.5 Å². The Bertz CT molecular complexity index is 645. The maximum atomic E-state index is 12.2. The van der Waals surface area contributed by atoms with E-state index in [1.165, 1.54) is 10.9 Å². The summed E-state index contributed by atoms with van der Waals surface area (Å²) >= 11 is 0. The molecule has 19 heavy (non-hydrogen) atoms.